The molecule has 1 aliphatic rings. The van der Waals surface area contributed by atoms with Gasteiger partial charge >= 0.3 is 0 Å². The summed E-state index contributed by atoms with van der Waals surface area (Å²) < 4.78 is 19.2. The number of nitrogens with zero attached hydrogens (tertiary/aromatic N) is 1. The van der Waals surface area contributed by atoms with E-state index >= 15 is 0 Å². The van der Waals surface area contributed by atoms with Crippen molar-refractivity contribution in [1.82, 2.24) is 4.90 Å². The molecule has 17 heavy (non-hydrogen) atoms. The van der Waals surface area contributed by atoms with Gasteiger partial charge in [0.1, 0.15) is 18.5 Å². The van der Waals surface area contributed by atoms with Crippen LogP contribution in [0.2, 0.25) is 0 Å². The molecule has 0 bridgehead atoms. The SMILES string of the molecule is Cc1ccc(C2OC(C)(C)N(C)[C@@H]2CF)cc1. The highest BCUT2D eigenvalue weighted by atomic mass is 19.1. The van der Waals surface area contributed by atoms with Gasteiger partial charge in [-0.1, -0.05) is 29.8 Å². The molecule has 1 fully saturated rings. The van der Waals surface area contributed by atoms with Crippen molar-refractivity contribution in [3.63, 3.8) is 0 Å². The molecule has 94 valence electrons. The Morgan fingerprint density at radius 3 is 2.41 bits per heavy atom. The first kappa shape index (κ1) is 12.5. The van der Waals surface area contributed by atoms with Crippen LogP contribution in [0.15, 0.2) is 24.3 Å². The van der Waals surface area contributed by atoms with E-state index in [2.05, 4.69) is 0 Å². The zero-order chi connectivity index (χ0) is 12.6. The summed E-state index contributed by atoms with van der Waals surface area (Å²) in [5.74, 6) is 0. The van der Waals surface area contributed by atoms with E-state index in [1.54, 1.807) is 0 Å². The number of benzene rings is 1. The van der Waals surface area contributed by atoms with Crippen molar-refractivity contribution in [2.75, 3.05) is 13.7 Å². The van der Waals surface area contributed by atoms with Crippen molar-refractivity contribution in [1.29, 1.82) is 0 Å². The Labute approximate surface area is 102 Å². The molecule has 1 aromatic rings. The first-order valence-electron chi connectivity index (χ1n) is 5.99. The molecule has 2 nitrogen and oxygen atoms in total. The summed E-state index contributed by atoms with van der Waals surface area (Å²) in [5, 5.41) is 0. The summed E-state index contributed by atoms with van der Waals surface area (Å²) in [4.78, 5) is 1.97. The van der Waals surface area contributed by atoms with E-state index in [0.29, 0.717) is 0 Å². The number of aryl methyl sites for hydroxylation is 1. The second-order valence-corrected chi connectivity index (χ2v) is 5.23. The predicted octanol–water partition coefficient (Wildman–Crippen LogP) is 3.07. The third-order valence-corrected chi connectivity index (χ3v) is 3.68. The predicted molar refractivity (Wildman–Crippen MR) is 66.6 cm³/mol. The molecule has 1 heterocycles. The first-order chi connectivity index (χ1) is 7.95. The van der Waals surface area contributed by atoms with Gasteiger partial charge in [-0.15, -0.1) is 0 Å². The smallest absolute Gasteiger partial charge is 0.117 e. The minimum atomic E-state index is -0.410. The molecule has 0 amide bonds. The van der Waals surface area contributed by atoms with Crippen LogP contribution in [0, 0.1) is 6.92 Å². The highest BCUT2D eigenvalue weighted by molar-refractivity contribution is 5.25. The zero-order valence-electron chi connectivity index (χ0n) is 10.9. The largest absolute Gasteiger partial charge is 0.351 e. The topological polar surface area (TPSA) is 12.5 Å². The molecule has 0 saturated carbocycles. The normalized spacial score (nSPS) is 28.5. The van der Waals surface area contributed by atoms with Crippen molar-refractivity contribution >= 4 is 0 Å². The quantitative estimate of drug-likeness (QED) is 0.783. The summed E-state index contributed by atoms with van der Waals surface area (Å²) in [6, 6.07) is 7.93. The van der Waals surface area contributed by atoms with Gasteiger partial charge in [0.25, 0.3) is 0 Å². The Hall–Kier alpha value is -0.930. The molecular weight excluding hydrogens is 217 g/mol. The van der Waals surface area contributed by atoms with Crippen molar-refractivity contribution in [2.24, 2.45) is 0 Å². The second-order valence-electron chi connectivity index (χ2n) is 5.23. The first-order valence-corrected chi connectivity index (χ1v) is 5.99. The fourth-order valence-electron chi connectivity index (χ4n) is 2.31. The molecule has 0 N–H and O–H groups in total. The van der Waals surface area contributed by atoms with E-state index in [9.17, 15) is 4.39 Å². The minimum Gasteiger partial charge on any atom is -0.351 e. The Bertz CT molecular complexity index is 388. The summed E-state index contributed by atoms with van der Waals surface area (Å²) in [7, 11) is 1.92. The van der Waals surface area contributed by atoms with Crippen LogP contribution in [0.4, 0.5) is 4.39 Å². The standard InChI is InChI=1S/C14H20FNO/c1-10-5-7-11(8-6-10)13-12(9-15)16(4)14(2,3)17-13/h5-8,12-13H,9H2,1-4H3/t12-,13?/m1/s1. The Morgan fingerprint density at radius 2 is 1.88 bits per heavy atom. The van der Waals surface area contributed by atoms with Crippen LogP contribution in [0.1, 0.15) is 31.1 Å². The molecule has 0 aliphatic carbocycles. The van der Waals surface area contributed by atoms with Crippen LogP contribution in [0.25, 0.3) is 0 Å². The Balaban J connectivity index is 2.29. The highest BCUT2D eigenvalue weighted by Gasteiger charge is 2.45. The summed E-state index contributed by atoms with van der Waals surface area (Å²) in [6.07, 6.45) is -0.180. The molecule has 1 aromatic carbocycles. The lowest BCUT2D eigenvalue weighted by atomic mass is 10.0. The fourth-order valence-corrected chi connectivity index (χ4v) is 2.31. The van der Waals surface area contributed by atoms with Crippen molar-refractivity contribution < 1.29 is 9.13 Å². The lowest BCUT2D eigenvalue weighted by Gasteiger charge is -2.28. The zero-order valence-corrected chi connectivity index (χ0v) is 10.9. The van der Waals surface area contributed by atoms with Gasteiger partial charge in [-0.2, -0.15) is 0 Å². The molecular formula is C14H20FNO. The monoisotopic (exact) mass is 237 g/mol. The van der Waals surface area contributed by atoms with E-state index < -0.39 is 12.4 Å². The van der Waals surface area contributed by atoms with Gasteiger partial charge in [0, 0.05) is 0 Å². The van der Waals surface area contributed by atoms with Gasteiger partial charge in [0.2, 0.25) is 0 Å². The van der Waals surface area contributed by atoms with Crippen LogP contribution in [-0.4, -0.2) is 30.4 Å². The van der Waals surface area contributed by atoms with E-state index in [1.807, 2.05) is 57.0 Å². The van der Waals surface area contributed by atoms with E-state index in [-0.39, 0.29) is 12.1 Å². The number of rotatable bonds is 2. The number of alkyl halides is 1. The third kappa shape index (κ3) is 2.22. The highest BCUT2D eigenvalue weighted by Crippen LogP contribution is 2.39. The maximum atomic E-state index is 13.2. The lowest BCUT2D eigenvalue weighted by Crippen LogP contribution is -2.41. The van der Waals surface area contributed by atoms with Gasteiger partial charge in [-0.05, 0) is 33.4 Å². The van der Waals surface area contributed by atoms with Crippen LogP contribution in [0.5, 0.6) is 0 Å². The van der Waals surface area contributed by atoms with Gasteiger partial charge in [0.05, 0.1) is 6.04 Å². The molecule has 0 aromatic heterocycles. The molecule has 0 radical (unpaired) electrons. The lowest BCUT2D eigenvalue weighted by molar-refractivity contribution is -0.0684. The van der Waals surface area contributed by atoms with E-state index in [0.717, 1.165) is 5.56 Å². The molecule has 1 aliphatic heterocycles. The number of ether oxygens (including phenoxy) is 1. The van der Waals surface area contributed by atoms with Crippen molar-refractivity contribution in [3.05, 3.63) is 35.4 Å². The maximum absolute atomic E-state index is 13.2. The molecule has 1 unspecified atom stereocenters. The molecule has 2 atom stereocenters. The second kappa shape index (κ2) is 4.39. The number of likely N-dealkylation sites (N-methyl/N-ethyl adjacent to an activating group) is 1. The summed E-state index contributed by atoms with van der Waals surface area (Å²) >= 11 is 0. The number of halogens is 1. The third-order valence-electron chi connectivity index (χ3n) is 3.68. The Kier molecular flexibility index (Phi) is 3.23. The Morgan fingerprint density at radius 1 is 1.29 bits per heavy atom. The van der Waals surface area contributed by atoms with E-state index in [1.165, 1.54) is 5.56 Å². The molecule has 2 rings (SSSR count). The average Bonchev–Trinajstić information content (AvgIpc) is 2.51. The van der Waals surface area contributed by atoms with Gasteiger partial charge in [-0.3, -0.25) is 4.90 Å². The summed E-state index contributed by atoms with van der Waals surface area (Å²) in [6.45, 7) is 5.61. The van der Waals surface area contributed by atoms with Crippen LogP contribution >= 0.6 is 0 Å². The average molecular weight is 237 g/mol. The number of hydrogen-bond donors (Lipinski definition) is 0. The minimum absolute atomic E-state index is 0.180. The van der Waals surface area contributed by atoms with Crippen molar-refractivity contribution in [2.45, 2.75) is 38.6 Å². The van der Waals surface area contributed by atoms with Gasteiger partial charge in [0.15, 0.2) is 0 Å². The molecule has 3 heteroatoms. The van der Waals surface area contributed by atoms with Crippen LogP contribution < -0.4 is 0 Å². The van der Waals surface area contributed by atoms with Crippen LogP contribution in [0.3, 0.4) is 0 Å². The summed E-state index contributed by atoms with van der Waals surface area (Å²) in [5.41, 5.74) is 1.85. The van der Waals surface area contributed by atoms with Gasteiger partial charge < -0.3 is 4.74 Å². The maximum Gasteiger partial charge on any atom is 0.117 e. The van der Waals surface area contributed by atoms with Crippen molar-refractivity contribution in [3.8, 4) is 0 Å². The fraction of sp³-hybridized carbons (Fsp3) is 0.571. The molecule has 1 saturated heterocycles. The molecule has 0 spiro atoms. The number of hydrogen-bond acceptors (Lipinski definition) is 2. The van der Waals surface area contributed by atoms with Gasteiger partial charge in [-0.25, -0.2) is 4.39 Å². The van der Waals surface area contributed by atoms with Crippen LogP contribution in [-0.2, 0) is 4.74 Å². The van der Waals surface area contributed by atoms with E-state index in [4.69, 9.17) is 4.74 Å².